The topological polar surface area (TPSA) is 67.1 Å². The van der Waals surface area contributed by atoms with Crippen LogP contribution in [0.1, 0.15) is 38.5 Å². The quantitative estimate of drug-likeness (QED) is 0.132. The molecule has 0 saturated carbocycles. The number of hydrogen-bond donors (Lipinski definition) is 3. The molecular weight excluding hydrogens is 242 g/mol. The molecule has 1 amide bonds. The molecule has 0 bridgehead atoms. The maximum absolute atomic E-state index is 10.8. The molecule has 16 heavy (non-hydrogen) atoms. The van der Waals surface area contributed by atoms with Crippen molar-refractivity contribution in [3.8, 4) is 0 Å². The lowest BCUT2D eigenvalue weighted by atomic mass is 10.2. The van der Waals surface area contributed by atoms with Gasteiger partial charge in [-0.15, -0.1) is 0 Å². The number of hydrogen-bond acceptors (Lipinski definition) is 5. The summed E-state index contributed by atoms with van der Waals surface area (Å²) in [6, 6.07) is 0. The number of rotatable bonds is 11. The number of nitrogens with two attached hydrogens (primary N) is 1. The maximum atomic E-state index is 10.8. The van der Waals surface area contributed by atoms with E-state index in [1.165, 1.54) is 19.3 Å². The van der Waals surface area contributed by atoms with Crippen molar-refractivity contribution in [2.45, 2.75) is 38.5 Å². The van der Waals surface area contributed by atoms with E-state index in [-0.39, 0.29) is 5.91 Å². The van der Waals surface area contributed by atoms with Gasteiger partial charge in [0.15, 0.2) is 0 Å². The normalized spacial score (nSPS) is 10.1. The molecule has 4 N–H and O–H groups in total. The van der Waals surface area contributed by atoms with Crippen molar-refractivity contribution in [3.05, 3.63) is 0 Å². The van der Waals surface area contributed by atoms with E-state index in [0.29, 0.717) is 6.42 Å². The third-order valence-corrected chi connectivity index (χ3v) is 3.15. The molecule has 0 heterocycles. The third-order valence-electron chi connectivity index (χ3n) is 2.01. The highest BCUT2D eigenvalue weighted by molar-refractivity contribution is 7.97. The van der Waals surface area contributed by atoms with Crippen LogP contribution < -0.4 is 16.0 Å². The van der Waals surface area contributed by atoms with E-state index < -0.39 is 0 Å². The second-order valence-electron chi connectivity index (χ2n) is 3.43. The van der Waals surface area contributed by atoms with Crippen molar-refractivity contribution in [1.29, 1.82) is 0 Å². The summed E-state index contributed by atoms with van der Waals surface area (Å²) >= 11 is 6.42. The van der Waals surface area contributed by atoms with Crippen molar-refractivity contribution in [1.82, 2.24) is 10.1 Å². The Morgan fingerprint density at radius 1 is 1.31 bits per heavy atom. The number of unbranched alkanes of at least 4 members (excludes halogenated alkanes) is 3. The van der Waals surface area contributed by atoms with E-state index in [2.05, 4.69) is 10.1 Å². The molecular formula is C10H21N3OS2. The molecule has 0 aliphatic heterocycles. The largest absolute Gasteiger partial charge is 0.294 e. The van der Waals surface area contributed by atoms with E-state index >= 15 is 0 Å². The first-order valence-corrected chi connectivity index (χ1v) is 7.04. The maximum Gasteiger partial charge on any atom is 0.233 e. The summed E-state index contributed by atoms with van der Waals surface area (Å²) in [4.78, 5) is 10.8. The van der Waals surface area contributed by atoms with E-state index in [4.69, 9.17) is 18.1 Å². The van der Waals surface area contributed by atoms with Gasteiger partial charge in [-0.05, 0) is 31.1 Å². The van der Waals surface area contributed by atoms with E-state index in [9.17, 15) is 4.79 Å². The molecule has 0 aliphatic rings. The van der Waals surface area contributed by atoms with Gasteiger partial charge in [0.1, 0.15) is 0 Å². The van der Waals surface area contributed by atoms with Crippen LogP contribution in [0.3, 0.4) is 0 Å². The van der Waals surface area contributed by atoms with Crippen LogP contribution in [0.2, 0.25) is 0 Å². The molecule has 0 fully saturated rings. The Morgan fingerprint density at radius 2 is 2.12 bits per heavy atom. The molecule has 0 radical (unpaired) electrons. The van der Waals surface area contributed by atoms with Gasteiger partial charge >= 0.3 is 0 Å². The van der Waals surface area contributed by atoms with Crippen LogP contribution in [0, 0.1) is 0 Å². The lowest BCUT2D eigenvalue weighted by molar-refractivity contribution is -0.121. The van der Waals surface area contributed by atoms with E-state index in [1.807, 2.05) is 0 Å². The third kappa shape index (κ3) is 11.9. The first-order chi connectivity index (χ1) is 7.81. The van der Waals surface area contributed by atoms with Crippen LogP contribution in [0.25, 0.3) is 0 Å². The van der Waals surface area contributed by atoms with Crippen LogP contribution in [0.4, 0.5) is 0 Å². The Hall–Kier alpha value is -0.170. The molecule has 0 unspecified atom stereocenters. The molecule has 0 aromatic rings. The molecule has 6 heteroatoms. The molecule has 4 nitrogen and oxygen atoms in total. The zero-order valence-corrected chi connectivity index (χ0v) is 11.2. The molecule has 0 rings (SSSR count). The number of thiocarbonyl (C=S) groups is 1. The lowest BCUT2D eigenvalue weighted by Crippen LogP contribution is -2.29. The predicted molar refractivity (Wildman–Crippen MR) is 74.1 cm³/mol. The zero-order valence-electron chi connectivity index (χ0n) is 9.54. The Kier molecular flexibility index (Phi) is 12.8. The highest BCUT2D eigenvalue weighted by atomic mass is 32.2. The van der Waals surface area contributed by atoms with Gasteiger partial charge in [0.2, 0.25) is 5.91 Å². The monoisotopic (exact) mass is 263 g/mol. The lowest BCUT2D eigenvalue weighted by Gasteiger charge is -2.03. The first kappa shape index (κ1) is 15.8. The van der Waals surface area contributed by atoms with Crippen LogP contribution >= 0.6 is 24.2 Å². The van der Waals surface area contributed by atoms with Gasteiger partial charge < -0.3 is 0 Å². The molecule has 0 aliphatic carbocycles. The van der Waals surface area contributed by atoms with Crippen LogP contribution in [0.15, 0.2) is 0 Å². The first-order valence-electron chi connectivity index (χ1n) is 5.59. The standard InChI is InChI=1S/C10H21N3OS2/c11-13-10(14)6-5-9-16-12-7-3-1-2-4-8-15/h8,12H,1-7,9,11H2,(H,13,14). The summed E-state index contributed by atoms with van der Waals surface area (Å²) in [5, 5.41) is 1.80. The second-order valence-corrected chi connectivity index (χ2v) is 4.75. The minimum Gasteiger partial charge on any atom is -0.294 e. The Morgan fingerprint density at radius 3 is 2.81 bits per heavy atom. The number of carbonyl (C=O) groups excluding carboxylic acids is 1. The Balaban J connectivity index is 2.98. The molecule has 0 aromatic heterocycles. The fourth-order valence-electron chi connectivity index (χ4n) is 1.12. The van der Waals surface area contributed by atoms with Gasteiger partial charge in [-0.2, -0.15) is 0 Å². The number of hydrazine groups is 1. The fraction of sp³-hybridized carbons (Fsp3) is 0.800. The van der Waals surface area contributed by atoms with E-state index in [1.54, 1.807) is 17.3 Å². The summed E-state index contributed by atoms with van der Waals surface area (Å²) < 4.78 is 3.27. The Labute approximate surface area is 107 Å². The van der Waals surface area contributed by atoms with Gasteiger partial charge in [0.25, 0.3) is 0 Å². The summed E-state index contributed by atoms with van der Waals surface area (Å²) in [6.45, 7) is 1.02. The van der Waals surface area contributed by atoms with Crippen LogP contribution in [0.5, 0.6) is 0 Å². The van der Waals surface area contributed by atoms with Gasteiger partial charge in [-0.3, -0.25) is 14.9 Å². The number of nitrogens with one attached hydrogen (secondary N) is 2. The smallest absolute Gasteiger partial charge is 0.233 e. The molecule has 0 atom stereocenters. The molecule has 0 aromatic carbocycles. The average Bonchev–Trinajstić information content (AvgIpc) is 2.31. The summed E-state index contributed by atoms with van der Waals surface area (Å²) in [5.74, 6) is 5.80. The molecule has 0 spiro atoms. The van der Waals surface area contributed by atoms with Crippen molar-refractivity contribution < 1.29 is 4.79 Å². The van der Waals surface area contributed by atoms with E-state index in [0.717, 1.165) is 25.1 Å². The average molecular weight is 263 g/mol. The van der Waals surface area contributed by atoms with Gasteiger partial charge in [0, 0.05) is 18.7 Å². The molecule has 94 valence electrons. The summed E-state index contributed by atoms with van der Waals surface area (Å²) in [7, 11) is 0. The highest BCUT2D eigenvalue weighted by Gasteiger charge is 1.97. The number of amides is 1. The van der Waals surface area contributed by atoms with Crippen LogP contribution in [-0.4, -0.2) is 23.6 Å². The van der Waals surface area contributed by atoms with Crippen molar-refractivity contribution in [3.63, 3.8) is 0 Å². The minimum atomic E-state index is -0.0965. The highest BCUT2D eigenvalue weighted by Crippen LogP contribution is 2.02. The second kappa shape index (κ2) is 12.9. The van der Waals surface area contributed by atoms with Gasteiger partial charge in [0.05, 0.1) is 0 Å². The number of carbonyl (C=O) groups is 1. The predicted octanol–water partition coefficient (Wildman–Crippen LogP) is 1.55. The SMILES string of the molecule is NNC(=O)CCCSNCCCCCC=S. The Bertz CT molecular complexity index is 191. The summed E-state index contributed by atoms with van der Waals surface area (Å²) in [5.41, 5.74) is 2.12. The van der Waals surface area contributed by atoms with Gasteiger partial charge in [-0.25, -0.2) is 5.84 Å². The zero-order chi connectivity index (χ0) is 12.1. The van der Waals surface area contributed by atoms with Crippen LogP contribution in [-0.2, 0) is 4.79 Å². The minimum absolute atomic E-state index is 0.0965. The molecule has 0 saturated heterocycles. The van der Waals surface area contributed by atoms with Crippen molar-refractivity contribution in [2.75, 3.05) is 12.3 Å². The van der Waals surface area contributed by atoms with Gasteiger partial charge in [-0.1, -0.05) is 30.6 Å². The fourth-order valence-corrected chi connectivity index (χ4v) is 2.01. The van der Waals surface area contributed by atoms with Crippen molar-refractivity contribution >= 4 is 35.4 Å². The van der Waals surface area contributed by atoms with Crippen molar-refractivity contribution in [2.24, 2.45) is 5.84 Å². The summed E-state index contributed by atoms with van der Waals surface area (Å²) in [6.07, 6.45) is 5.98.